The molecular weight excluding hydrogens is 170 g/mol. The highest BCUT2D eigenvalue weighted by atomic mass is 16.2. The molecule has 78 valence electrons. The fourth-order valence-corrected chi connectivity index (χ4v) is 0.453. The Kier molecular flexibility index (Phi) is 30.8. The number of aliphatic hydroxyl groups excluding tert-OH is 3. The smallest absolute Gasteiger partial charge is 0.0319 e. The van der Waals surface area contributed by atoms with E-state index in [0.29, 0.717) is 0 Å². The Labute approximate surface area is 79.3 Å². The van der Waals surface area contributed by atoms with Gasteiger partial charge in [0.25, 0.3) is 0 Å². The first-order chi connectivity index (χ1) is 6.39. The first kappa shape index (κ1) is 17.8. The number of hydrogen-bond donors (Lipinski definition) is 4. The summed E-state index contributed by atoms with van der Waals surface area (Å²) in [7, 11) is 3.00. The summed E-state index contributed by atoms with van der Waals surface area (Å²) in [5.74, 6) is 0. The van der Waals surface area contributed by atoms with Crippen LogP contribution in [-0.2, 0) is 0 Å². The van der Waals surface area contributed by atoms with Gasteiger partial charge in [0.15, 0.2) is 0 Å². The lowest BCUT2D eigenvalue weighted by atomic mass is 10.3. The molecule has 4 nitrogen and oxygen atoms in total. The number of aliphatic hydroxyl groups is 3. The summed E-state index contributed by atoms with van der Waals surface area (Å²) >= 11 is 0. The van der Waals surface area contributed by atoms with Crippen molar-refractivity contribution in [1.29, 1.82) is 0 Å². The second kappa shape index (κ2) is 22.4. The van der Waals surface area contributed by atoms with Crippen molar-refractivity contribution in [3.05, 3.63) is 30.3 Å². The van der Waals surface area contributed by atoms with Crippen LogP contribution in [0.1, 0.15) is 0 Å². The van der Waals surface area contributed by atoms with Gasteiger partial charge in [-0.15, -0.1) is 0 Å². The monoisotopic (exact) mass is 189 g/mol. The quantitative estimate of drug-likeness (QED) is 0.436. The van der Waals surface area contributed by atoms with Crippen LogP contribution in [0, 0.1) is 0 Å². The second-order valence-electron chi connectivity index (χ2n) is 1.41. The molecule has 4 heteroatoms. The molecule has 0 saturated carbocycles. The van der Waals surface area contributed by atoms with Crippen LogP contribution in [0.4, 0.5) is 5.69 Å². The van der Waals surface area contributed by atoms with E-state index < -0.39 is 0 Å². The summed E-state index contributed by atoms with van der Waals surface area (Å²) in [6, 6.07) is 9.49. The molecule has 1 aromatic rings. The molecule has 0 saturated heterocycles. The third-order valence-electron chi connectivity index (χ3n) is 0.800. The normalized spacial score (nSPS) is 6.00. The first-order valence-corrected chi connectivity index (χ1v) is 3.54. The molecule has 13 heavy (non-hydrogen) atoms. The average Bonchev–Trinajstić information content (AvgIpc) is 2.28. The number of hydrogen-bond acceptors (Lipinski definition) is 4. The van der Waals surface area contributed by atoms with E-state index in [0.717, 1.165) is 27.0 Å². The molecule has 0 unspecified atom stereocenters. The van der Waals surface area contributed by atoms with E-state index in [1.165, 1.54) is 0 Å². The highest BCUT2D eigenvalue weighted by Gasteiger charge is 1.72. The third kappa shape index (κ3) is 18.1. The molecule has 0 amide bonds. The van der Waals surface area contributed by atoms with E-state index in [2.05, 4.69) is 0 Å². The van der Waals surface area contributed by atoms with Gasteiger partial charge in [-0.25, -0.2) is 0 Å². The van der Waals surface area contributed by atoms with Crippen LogP contribution in [0.15, 0.2) is 30.3 Å². The predicted molar refractivity (Wildman–Crippen MR) is 55.3 cm³/mol. The first-order valence-electron chi connectivity index (χ1n) is 3.54. The summed E-state index contributed by atoms with van der Waals surface area (Å²) in [4.78, 5) is 0. The van der Waals surface area contributed by atoms with Crippen molar-refractivity contribution in [1.82, 2.24) is 0 Å². The molecule has 0 fully saturated rings. The maximum Gasteiger partial charge on any atom is 0.0319 e. The average molecular weight is 189 g/mol. The van der Waals surface area contributed by atoms with Crippen LogP contribution < -0.4 is 5.73 Å². The van der Waals surface area contributed by atoms with Crippen LogP contribution in [0.3, 0.4) is 0 Å². The summed E-state index contributed by atoms with van der Waals surface area (Å²) in [6.07, 6.45) is 0. The maximum absolute atomic E-state index is 7.00. The van der Waals surface area contributed by atoms with Crippen molar-refractivity contribution in [3.63, 3.8) is 0 Å². The minimum absolute atomic E-state index is 0.822. The second-order valence-corrected chi connectivity index (χ2v) is 1.41. The lowest BCUT2D eigenvalue weighted by Gasteiger charge is -1.83. The Bertz CT molecular complexity index is 145. The molecule has 0 aliphatic carbocycles. The van der Waals surface area contributed by atoms with Gasteiger partial charge < -0.3 is 21.1 Å². The van der Waals surface area contributed by atoms with E-state index in [1.54, 1.807) is 0 Å². The number of para-hydroxylation sites is 1. The van der Waals surface area contributed by atoms with Crippen molar-refractivity contribution in [2.24, 2.45) is 0 Å². The standard InChI is InChI=1S/C6H7N.3CH4O/c7-6-4-2-1-3-5-6;3*1-2/h1-5H,7H2;3*2H,1H3. The molecule has 0 heterocycles. The largest absolute Gasteiger partial charge is 0.400 e. The van der Waals surface area contributed by atoms with E-state index in [4.69, 9.17) is 21.1 Å². The minimum Gasteiger partial charge on any atom is -0.400 e. The van der Waals surface area contributed by atoms with Gasteiger partial charge in [0.05, 0.1) is 0 Å². The molecule has 0 bridgehead atoms. The highest BCUT2D eigenvalue weighted by molar-refractivity contribution is 5.35. The topological polar surface area (TPSA) is 86.7 Å². The zero-order valence-corrected chi connectivity index (χ0v) is 8.31. The van der Waals surface area contributed by atoms with Gasteiger partial charge >= 0.3 is 0 Å². The molecule has 5 N–H and O–H groups in total. The summed E-state index contributed by atoms with van der Waals surface area (Å²) in [6.45, 7) is 0. The Morgan fingerprint density at radius 1 is 0.769 bits per heavy atom. The molecule has 1 rings (SSSR count). The van der Waals surface area contributed by atoms with Crippen LogP contribution in [0.25, 0.3) is 0 Å². The Morgan fingerprint density at radius 2 is 1.08 bits per heavy atom. The van der Waals surface area contributed by atoms with Crippen molar-refractivity contribution in [2.75, 3.05) is 27.1 Å². The van der Waals surface area contributed by atoms with Gasteiger partial charge in [-0.3, -0.25) is 0 Å². The fraction of sp³-hybridized carbons (Fsp3) is 0.333. The van der Waals surface area contributed by atoms with Crippen molar-refractivity contribution < 1.29 is 15.3 Å². The van der Waals surface area contributed by atoms with Crippen molar-refractivity contribution in [2.45, 2.75) is 0 Å². The number of nitrogens with two attached hydrogens (primary N) is 1. The van der Waals surface area contributed by atoms with Crippen LogP contribution in [-0.4, -0.2) is 36.6 Å². The van der Waals surface area contributed by atoms with E-state index in [1.807, 2.05) is 30.3 Å². The molecule has 1 aromatic carbocycles. The Balaban J connectivity index is -0.000000144. The molecule has 0 spiro atoms. The van der Waals surface area contributed by atoms with Gasteiger partial charge in [-0.1, -0.05) is 18.2 Å². The third-order valence-corrected chi connectivity index (χ3v) is 0.800. The fourth-order valence-electron chi connectivity index (χ4n) is 0.453. The predicted octanol–water partition coefficient (Wildman–Crippen LogP) is 0.0943. The highest BCUT2D eigenvalue weighted by Crippen LogP contribution is 1.95. The number of nitrogen functional groups attached to an aromatic ring is 1. The Hall–Kier alpha value is -1.10. The van der Waals surface area contributed by atoms with Gasteiger partial charge in [0.1, 0.15) is 0 Å². The molecule has 0 aliphatic heterocycles. The molecular formula is C9H19NO3. The van der Waals surface area contributed by atoms with Gasteiger partial charge in [0, 0.05) is 27.0 Å². The van der Waals surface area contributed by atoms with Gasteiger partial charge in [-0.2, -0.15) is 0 Å². The van der Waals surface area contributed by atoms with Crippen molar-refractivity contribution >= 4 is 5.69 Å². The summed E-state index contributed by atoms with van der Waals surface area (Å²) < 4.78 is 0. The number of benzene rings is 1. The molecule has 0 atom stereocenters. The number of anilines is 1. The SMILES string of the molecule is CO.CO.CO.Nc1ccccc1. The molecule has 0 aliphatic rings. The molecule has 0 aromatic heterocycles. The van der Waals surface area contributed by atoms with Crippen LogP contribution in [0.2, 0.25) is 0 Å². The van der Waals surface area contributed by atoms with E-state index in [-0.39, 0.29) is 0 Å². The lowest BCUT2D eigenvalue weighted by molar-refractivity contribution is 0.399. The minimum atomic E-state index is 0.822. The summed E-state index contributed by atoms with van der Waals surface area (Å²) in [5.41, 5.74) is 6.18. The van der Waals surface area contributed by atoms with E-state index >= 15 is 0 Å². The van der Waals surface area contributed by atoms with Gasteiger partial charge in [0.2, 0.25) is 0 Å². The van der Waals surface area contributed by atoms with Crippen LogP contribution in [0.5, 0.6) is 0 Å². The summed E-state index contributed by atoms with van der Waals surface area (Å²) in [5, 5.41) is 21.0. The van der Waals surface area contributed by atoms with Crippen LogP contribution >= 0.6 is 0 Å². The zero-order valence-electron chi connectivity index (χ0n) is 8.31. The zero-order chi connectivity index (χ0) is 11.1. The molecule has 0 radical (unpaired) electrons. The Morgan fingerprint density at radius 3 is 1.23 bits per heavy atom. The lowest BCUT2D eigenvalue weighted by Crippen LogP contribution is -1.79. The van der Waals surface area contributed by atoms with E-state index in [9.17, 15) is 0 Å². The van der Waals surface area contributed by atoms with Gasteiger partial charge in [-0.05, 0) is 12.1 Å². The maximum atomic E-state index is 7.00. The number of rotatable bonds is 0. The van der Waals surface area contributed by atoms with Crippen molar-refractivity contribution in [3.8, 4) is 0 Å².